The highest BCUT2D eigenvalue weighted by Crippen LogP contribution is 2.37. The molecular formula is C21H35N3O3. The lowest BCUT2D eigenvalue weighted by Crippen LogP contribution is -2.53. The van der Waals surface area contributed by atoms with Gasteiger partial charge >= 0.3 is 6.09 Å². The number of amides is 1. The van der Waals surface area contributed by atoms with Crippen LogP contribution in [0.5, 0.6) is 0 Å². The molecular weight excluding hydrogens is 342 g/mol. The number of rotatable bonds is 5. The lowest BCUT2D eigenvalue weighted by atomic mass is 9.77. The molecule has 0 aromatic heterocycles. The van der Waals surface area contributed by atoms with E-state index >= 15 is 0 Å². The Hall–Kier alpha value is -1.40. The molecule has 2 saturated heterocycles. The summed E-state index contributed by atoms with van der Waals surface area (Å²) in [7, 11) is 0. The summed E-state index contributed by atoms with van der Waals surface area (Å²) in [5, 5.41) is 0. The minimum atomic E-state index is -0.458. The molecule has 0 bridgehead atoms. The summed E-state index contributed by atoms with van der Waals surface area (Å²) in [5.41, 5.74) is -0.665. The highest BCUT2D eigenvalue weighted by atomic mass is 16.6. The molecule has 2 fully saturated rings. The largest absolute Gasteiger partial charge is 0.444 e. The van der Waals surface area contributed by atoms with Crippen LogP contribution in [0.2, 0.25) is 0 Å². The summed E-state index contributed by atoms with van der Waals surface area (Å²) >= 11 is 0. The average molecular weight is 378 g/mol. The van der Waals surface area contributed by atoms with Crippen LogP contribution in [0.4, 0.5) is 4.79 Å². The number of carbonyl (C=O) groups excluding carboxylic acids is 1. The Bertz CT molecular complexity index is 554. The van der Waals surface area contributed by atoms with Crippen molar-refractivity contribution in [3.05, 3.63) is 12.3 Å². The first kappa shape index (κ1) is 20.3. The van der Waals surface area contributed by atoms with Crippen LogP contribution in [-0.4, -0.2) is 72.6 Å². The van der Waals surface area contributed by atoms with E-state index in [0.717, 1.165) is 32.4 Å². The molecule has 3 heterocycles. The standard InChI is InChI=1S/C21H35N3O3/c1-20(2,3)27-19(25)24-14-8-21(9-15-24,18-6-10-22-11-7-18)26-17-16-23-12-4-5-13-23/h6,10-11,18H,4-5,7-9,12-17H2,1-3H3. The molecule has 3 rings (SSSR count). The fourth-order valence-corrected chi connectivity index (χ4v) is 4.26. The zero-order valence-electron chi connectivity index (χ0n) is 17.2. The van der Waals surface area contributed by atoms with E-state index in [1.807, 2.05) is 38.1 Å². The van der Waals surface area contributed by atoms with Gasteiger partial charge in [0.05, 0.1) is 12.2 Å². The molecule has 0 saturated carbocycles. The van der Waals surface area contributed by atoms with E-state index in [-0.39, 0.29) is 11.7 Å². The third-order valence-electron chi connectivity index (χ3n) is 5.80. The van der Waals surface area contributed by atoms with Gasteiger partial charge in [0.15, 0.2) is 0 Å². The summed E-state index contributed by atoms with van der Waals surface area (Å²) in [6, 6.07) is 0. The smallest absolute Gasteiger partial charge is 0.410 e. The first-order chi connectivity index (χ1) is 12.9. The predicted molar refractivity (Wildman–Crippen MR) is 107 cm³/mol. The van der Waals surface area contributed by atoms with Crippen LogP contribution in [0.3, 0.4) is 0 Å². The van der Waals surface area contributed by atoms with Crippen molar-refractivity contribution in [1.29, 1.82) is 0 Å². The highest BCUT2D eigenvalue weighted by Gasteiger charge is 2.43. The van der Waals surface area contributed by atoms with Gasteiger partial charge in [-0.25, -0.2) is 4.79 Å². The molecule has 0 aliphatic carbocycles. The van der Waals surface area contributed by atoms with Gasteiger partial charge in [0.1, 0.15) is 5.60 Å². The molecule has 0 aromatic rings. The molecule has 0 spiro atoms. The Balaban J connectivity index is 1.59. The number of ether oxygens (including phenoxy) is 2. The maximum Gasteiger partial charge on any atom is 0.410 e. The van der Waals surface area contributed by atoms with Crippen molar-refractivity contribution in [3.8, 4) is 0 Å². The van der Waals surface area contributed by atoms with Crippen LogP contribution in [0.1, 0.15) is 52.9 Å². The first-order valence-corrected chi connectivity index (χ1v) is 10.4. The predicted octanol–water partition coefficient (Wildman–Crippen LogP) is 3.47. The molecule has 152 valence electrons. The molecule has 3 aliphatic heterocycles. The van der Waals surface area contributed by atoms with Gasteiger partial charge in [-0.15, -0.1) is 0 Å². The lowest BCUT2D eigenvalue weighted by Gasteiger charge is -2.45. The Morgan fingerprint density at radius 1 is 1.19 bits per heavy atom. The van der Waals surface area contributed by atoms with Crippen LogP contribution >= 0.6 is 0 Å². The number of likely N-dealkylation sites (tertiary alicyclic amines) is 2. The molecule has 6 nitrogen and oxygen atoms in total. The molecule has 6 heteroatoms. The second-order valence-electron chi connectivity index (χ2n) is 8.94. The van der Waals surface area contributed by atoms with Crippen LogP contribution < -0.4 is 0 Å². The summed E-state index contributed by atoms with van der Waals surface area (Å²) in [5.74, 6) is 0.328. The van der Waals surface area contributed by atoms with Gasteiger partial charge in [0, 0.05) is 38.0 Å². The number of piperidine rings is 1. The number of hydrogen-bond donors (Lipinski definition) is 0. The highest BCUT2D eigenvalue weighted by molar-refractivity contribution is 5.68. The summed E-state index contributed by atoms with van der Waals surface area (Å²) in [4.78, 5) is 21.0. The summed E-state index contributed by atoms with van der Waals surface area (Å²) in [6.07, 6.45) is 11.0. The van der Waals surface area contributed by atoms with Crippen molar-refractivity contribution >= 4 is 12.3 Å². The fourth-order valence-electron chi connectivity index (χ4n) is 4.26. The number of nitrogens with zero attached hydrogens (tertiary/aromatic N) is 3. The minimum Gasteiger partial charge on any atom is -0.444 e. The van der Waals surface area contributed by atoms with Crippen LogP contribution in [-0.2, 0) is 9.47 Å². The van der Waals surface area contributed by atoms with E-state index in [0.29, 0.717) is 19.0 Å². The Morgan fingerprint density at radius 2 is 1.89 bits per heavy atom. The van der Waals surface area contributed by atoms with E-state index in [1.165, 1.54) is 25.9 Å². The van der Waals surface area contributed by atoms with Gasteiger partial charge in [0.25, 0.3) is 0 Å². The zero-order valence-corrected chi connectivity index (χ0v) is 17.2. The van der Waals surface area contributed by atoms with Gasteiger partial charge in [-0.2, -0.15) is 0 Å². The van der Waals surface area contributed by atoms with E-state index in [2.05, 4.69) is 16.0 Å². The monoisotopic (exact) mass is 377 g/mol. The van der Waals surface area contributed by atoms with Crippen LogP contribution in [0, 0.1) is 5.92 Å². The van der Waals surface area contributed by atoms with Gasteiger partial charge in [-0.1, -0.05) is 6.08 Å². The van der Waals surface area contributed by atoms with Crippen LogP contribution in [0.25, 0.3) is 0 Å². The van der Waals surface area contributed by atoms with Gasteiger partial charge < -0.3 is 19.3 Å². The van der Waals surface area contributed by atoms with Crippen molar-refractivity contribution in [1.82, 2.24) is 9.80 Å². The number of hydrogen-bond acceptors (Lipinski definition) is 5. The fraction of sp³-hybridized carbons (Fsp3) is 0.810. The van der Waals surface area contributed by atoms with Crippen molar-refractivity contribution in [2.75, 3.05) is 39.3 Å². The number of aliphatic imine (C=N–C) groups is 1. The van der Waals surface area contributed by atoms with Crippen molar-refractivity contribution in [3.63, 3.8) is 0 Å². The maximum absolute atomic E-state index is 12.4. The SMILES string of the molecule is CC(C)(C)OC(=O)N1CCC(OCCN2CCCC2)(C2C=CN=CC2)CC1. The Kier molecular flexibility index (Phi) is 6.58. The van der Waals surface area contributed by atoms with E-state index in [9.17, 15) is 4.79 Å². The number of carbonyl (C=O) groups is 1. The lowest BCUT2D eigenvalue weighted by molar-refractivity contribution is -0.111. The molecule has 0 N–H and O–H groups in total. The molecule has 3 aliphatic rings. The molecule has 1 amide bonds. The topological polar surface area (TPSA) is 54.4 Å². The van der Waals surface area contributed by atoms with Gasteiger partial charge in [-0.3, -0.25) is 4.99 Å². The third-order valence-corrected chi connectivity index (χ3v) is 5.80. The quantitative estimate of drug-likeness (QED) is 0.736. The first-order valence-electron chi connectivity index (χ1n) is 10.4. The Labute approximate surface area is 163 Å². The van der Waals surface area contributed by atoms with Crippen molar-refractivity contribution < 1.29 is 14.3 Å². The second-order valence-corrected chi connectivity index (χ2v) is 8.94. The van der Waals surface area contributed by atoms with Crippen molar-refractivity contribution in [2.45, 2.75) is 64.1 Å². The molecule has 0 aromatic carbocycles. The Morgan fingerprint density at radius 3 is 2.48 bits per heavy atom. The molecule has 1 atom stereocenters. The zero-order chi connectivity index (χ0) is 19.3. The maximum atomic E-state index is 12.4. The van der Waals surface area contributed by atoms with Crippen LogP contribution in [0.15, 0.2) is 17.3 Å². The van der Waals surface area contributed by atoms with E-state index < -0.39 is 5.60 Å². The molecule has 1 unspecified atom stereocenters. The van der Waals surface area contributed by atoms with E-state index in [1.54, 1.807) is 0 Å². The summed E-state index contributed by atoms with van der Waals surface area (Å²) in [6.45, 7) is 11.2. The normalized spacial score (nSPS) is 25.7. The third kappa shape index (κ3) is 5.55. The molecule has 0 radical (unpaired) electrons. The minimum absolute atomic E-state index is 0.207. The van der Waals surface area contributed by atoms with E-state index in [4.69, 9.17) is 9.47 Å². The van der Waals surface area contributed by atoms with Crippen molar-refractivity contribution in [2.24, 2.45) is 10.9 Å². The molecule has 27 heavy (non-hydrogen) atoms. The second kappa shape index (κ2) is 8.74. The van der Waals surface area contributed by atoms with Gasteiger partial charge in [0.2, 0.25) is 0 Å². The summed E-state index contributed by atoms with van der Waals surface area (Å²) < 4.78 is 12.1. The average Bonchev–Trinajstić information content (AvgIpc) is 3.15. The van der Waals surface area contributed by atoms with Gasteiger partial charge in [-0.05, 0) is 66.0 Å².